The minimum atomic E-state index is -1.58. The number of ketones is 1. The second kappa shape index (κ2) is 8.13. The van der Waals surface area contributed by atoms with E-state index in [9.17, 15) is 15.0 Å². The fourth-order valence-electron chi connectivity index (χ4n) is 1.83. The largest absolute Gasteiger partial charge is 0.367 e. The molecule has 0 bridgehead atoms. The van der Waals surface area contributed by atoms with Crippen LogP contribution in [0.2, 0.25) is 5.02 Å². The molecule has 0 aliphatic carbocycles. The van der Waals surface area contributed by atoms with E-state index in [0.717, 1.165) is 9.37 Å². The van der Waals surface area contributed by atoms with Crippen molar-refractivity contribution in [3.8, 4) is 0 Å². The van der Waals surface area contributed by atoms with Gasteiger partial charge in [-0.2, -0.15) is 0 Å². The molecular weight excluding hydrogens is 388 g/mol. The summed E-state index contributed by atoms with van der Waals surface area (Å²) < 4.78 is 0.940. The third-order valence-corrected chi connectivity index (χ3v) is 5.02. The molecule has 0 saturated heterocycles. The van der Waals surface area contributed by atoms with Crippen LogP contribution in [0.25, 0.3) is 0 Å². The molecule has 22 heavy (non-hydrogen) atoms. The number of aliphatic hydroxyl groups is 2. The lowest BCUT2D eigenvalue weighted by Gasteiger charge is -2.18. The molecule has 0 heterocycles. The summed E-state index contributed by atoms with van der Waals surface area (Å²) >= 11 is 10.4. The van der Waals surface area contributed by atoms with Gasteiger partial charge in [0.1, 0.15) is 0 Å². The van der Waals surface area contributed by atoms with Crippen LogP contribution in [0, 0.1) is 0 Å². The molecule has 6 heteroatoms. The molecule has 3 nitrogen and oxygen atoms in total. The van der Waals surface area contributed by atoms with Crippen molar-refractivity contribution in [1.82, 2.24) is 0 Å². The molecule has 0 aliphatic rings. The average Bonchev–Trinajstić information content (AvgIpc) is 2.49. The molecule has 0 fully saturated rings. The molecule has 116 valence electrons. The van der Waals surface area contributed by atoms with Gasteiger partial charge in [-0.1, -0.05) is 27.5 Å². The summed E-state index contributed by atoms with van der Waals surface area (Å²) in [4.78, 5) is 13.1. The summed E-state index contributed by atoms with van der Waals surface area (Å²) in [6, 6.07) is 14.0. The topological polar surface area (TPSA) is 57.5 Å². The van der Waals surface area contributed by atoms with Crippen molar-refractivity contribution in [3.05, 3.63) is 63.6 Å². The minimum Gasteiger partial charge on any atom is -0.367 e. The number of hydrogen-bond acceptors (Lipinski definition) is 4. The number of aliphatic hydroxyl groups excluding tert-OH is 1. The maximum atomic E-state index is 12.2. The molecule has 0 spiro atoms. The van der Waals surface area contributed by atoms with Gasteiger partial charge in [0, 0.05) is 26.4 Å². The Morgan fingerprint density at radius 3 is 2.23 bits per heavy atom. The summed E-state index contributed by atoms with van der Waals surface area (Å²) in [6.45, 7) is 0. The molecule has 0 saturated carbocycles. The lowest BCUT2D eigenvalue weighted by Crippen LogP contribution is -2.25. The minimum absolute atomic E-state index is 0.0278. The van der Waals surface area contributed by atoms with E-state index in [4.69, 9.17) is 11.6 Å². The number of halogens is 2. The maximum absolute atomic E-state index is 12.2. The molecule has 2 aromatic carbocycles. The number of hydrogen-bond donors (Lipinski definition) is 2. The Morgan fingerprint density at radius 1 is 1.09 bits per heavy atom. The molecule has 0 aromatic heterocycles. The lowest BCUT2D eigenvalue weighted by atomic mass is 10.1. The Labute approximate surface area is 146 Å². The Morgan fingerprint density at radius 2 is 1.68 bits per heavy atom. The van der Waals surface area contributed by atoms with Crippen molar-refractivity contribution in [3.63, 3.8) is 0 Å². The molecule has 2 aromatic rings. The molecule has 0 amide bonds. The standard InChI is InChI=1S/C16H14BrClO3S/c17-11-3-7-13(8-4-11)22-15(16(20)21)9-14(19)10-1-5-12(18)6-2-10/h1-8,15-16,20-21H,9H2/t15-/m0/s1. The first-order valence-corrected chi connectivity index (χ1v) is 8.58. The number of benzene rings is 2. The highest BCUT2D eigenvalue weighted by molar-refractivity contribution is 9.10. The Hall–Kier alpha value is -0.850. The van der Waals surface area contributed by atoms with Gasteiger partial charge in [-0.15, -0.1) is 11.8 Å². The molecule has 1 atom stereocenters. The third kappa shape index (κ3) is 5.11. The Kier molecular flexibility index (Phi) is 6.47. The molecule has 0 radical (unpaired) electrons. The summed E-state index contributed by atoms with van der Waals surface area (Å²) in [6.07, 6.45) is -1.55. The third-order valence-electron chi connectivity index (χ3n) is 2.99. The monoisotopic (exact) mass is 400 g/mol. The normalized spacial score (nSPS) is 12.4. The Bertz CT molecular complexity index is 629. The van der Waals surface area contributed by atoms with E-state index in [2.05, 4.69) is 15.9 Å². The van der Waals surface area contributed by atoms with E-state index >= 15 is 0 Å². The lowest BCUT2D eigenvalue weighted by molar-refractivity contribution is -0.0401. The number of carbonyl (C=O) groups is 1. The fraction of sp³-hybridized carbons (Fsp3) is 0.188. The van der Waals surface area contributed by atoms with Crippen molar-refractivity contribution in [2.24, 2.45) is 0 Å². The van der Waals surface area contributed by atoms with Crippen molar-refractivity contribution >= 4 is 45.1 Å². The maximum Gasteiger partial charge on any atom is 0.164 e. The molecular formula is C16H14BrClO3S. The van der Waals surface area contributed by atoms with Gasteiger partial charge >= 0.3 is 0 Å². The molecule has 0 aliphatic heterocycles. The van der Waals surface area contributed by atoms with Crippen molar-refractivity contribution in [2.45, 2.75) is 22.9 Å². The van der Waals surface area contributed by atoms with Gasteiger partial charge in [-0.3, -0.25) is 4.79 Å². The smallest absolute Gasteiger partial charge is 0.164 e. The van der Waals surface area contributed by atoms with Crippen LogP contribution in [-0.4, -0.2) is 27.5 Å². The second-order valence-electron chi connectivity index (χ2n) is 4.66. The van der Waals surface area contributed by atoms with E-state index in [1.807, 2.05) is 24.3 Å². The predicted molar refractivity (Wildman–Crippen MR) is 92.4 cm³/mol. The molecule has 0 unspecified atom stereocenters. The fourth-order valence-corrected chi connectivity index (χ4v) is 3.22. The van der Waals surface area contributed by atoms with Crippen LogP contribution in [0.5, 0.6) is 0 Å². The van der Waals surface area contributed by atoms with Gasteiger partial charge in [-0.25, -0.2) is 0 Å². The first-order chi connectivity index (χ1) is 10.5. The second-order valence-corrected chi connectivity index (χ2v) is 7.32. The SMILES string of the molecule is O=C(C[C@H](Sc1ccc(Br)cc1)C(O)O)c1ccc(Cl)cc1. The number of rotatable bonds is 6. The van der Waals surface area contributed by atoms with E-state index in [1.54, 1.807) is 24.3 Å². The average molecular weight is 402 g/mol. The van der Waals surface area contributed by atoms with E-state index in [-0.39, 0.29) is 12.2 Å². The van der Waals surface area contributed by atoms with Gasteiger partial charge in [0.15, 0.2) is 12.1 Å². The summed E-state index contributed by atoms with van der Waals surface area (Å²) in [5.74, 6) is -0.153. The zero-order chi connectivity index (χ0) is 16.1. The van der Waals surface area contributed by atoms with Crippen LogP contribution in [0.4, 0.5) is 0 Å². The van der Waals surface area contributed by atoms with E-state index in [1.165, 1.54) is 11.8 Å². The number of thioether (sulfide) groups is 1. The highest BCUT2D eigenvalue weighted by Gasteiger charge is 2.22. The first kappa shape index (κ1) is 17.5. The van der Waals surface area contributed by atoms with Gasteiger partial charge in [0.2, 0.25) is 0 Å². The first-order valence-electron chi connectivity index (χ1n) is 6.53. The predicted octanol–water partition coefficient (Wildman–Crippen LogP) is 4.15. The van der Waals surface area contributed by atoms with Crippen molar-refractivity contribution < 1.29 is 15.0 Å². The van der Waals surface area contributed by atoms with Crippen LogP contribution in [0.15, 0.2) is 57.9 Å². The van der Waals surface area contributed by atoms with Crippen LogP contribution in [0.3, 0.4) is 0 Å². The highest BCUT2D eigenvalue weighted by atomic mass is 79.9. The number of carbonyl (C=O) groups excluding carboxylic acids is 1. The van der Waals surface area contributed by atoms with Crippen molar-refractivity contribution in [1.29, 1.82) is 0 Å². The van der Waals surface area contributed by atoms with E-state index < -0.39 is 11.5 Å². The van der Waals surface area contributed by atoms with Crippen molar-refractivity contribution in [2.75, 3.05) is 0 Å². The summed E-state index contributed by atoms with van der Waals surface area (Å²) in [5.41, 5.74) is 0.506. The summed E-state index contributed by atoms with van der Waals surface area (Å²) in [7, 11) is 0. The van der Waals surface area contributed by atoms with Gasteiger partial charge < -0.3 is 10.2 Å². The molecule has 2 N–H and O–H groups in total. The number of Topliss-reactive ketones (excluding diaryl/α,β-unsaturated/α-hetero) is 1. The zero-order valence-corrected chi connectivity index (χ0v) is 14.6. The van der Waals surface area contributed by atoms with Crippen LogP contribution < -0.4 is 0 Å². The van der Waals surface area contributed by atoms with Crippen LogP contribution >= 0.6 is 39.3 Å². The quantitative estimate of drug-likeness (QED) is 0.434. The van der Waals surface area contributed by atoms with Gasteiger partial charge in [0.25, 0.3) is 0 Å². The summed E-state index contributed by atoms with van der Waals surface area (Å²) in [5, 5.41) is 19.0. The van der Waals surface area contributed by atoms with E-state index in [0.29, 0.717) is 10.6 Å². The van der Waals surface area contributed by atoms with Crippen LogP contribution in [0.1, 0.15) is 16.8 Å². The zero-order valence-electron chi connectivity index (χ0n) is 11.4. The van der Waals surface area contributed by atoms with Gasteiger partial charge in [-0.05, 0) is 48.5 Å². The highest BCUT2D eigenvalue weighted by Crippen LogP contribution is 2.29. The van der Waals surface area contributed by atoms with Gasteiger partial charge in [0.05, 0.1) is 5.25 Å². The Balaban J connectivity index is 2.06. The molecule has 2 rings (SSSR count). The van der Waals surface area contributed by atoms with Crippen LogP contribution in [-0.2, 0) is 0 Å².